The maximum Gasteiger partial charge on any atom is 0.238 e. The number of pyridine rings is 1. The first-order valence-corrected chi connectivity index (χ1v) is 8.00. The van der Waals surface area contributed by atoms with Crippen LogP contribution < -0.4 is 10.2 Å². The van der Waals surface area contributed by atoms with E-state index >= 15 is 0 Å². The normalized spacial score (nSPS) is 24.5. The van der Waals surface area contributed by atoms with Crippen LogP contribution in [-0.4, -0.2) is 32.9 Å². The van der Waals surface area contributed by atoms with Gasteiger partial charge in [0.1, 0.15) is 5.82 Å². The molecule has 24 heavy (non-hydrogen) atoms. The topological polar surface area (TPSA) is 71.0 Å². The second-order valence-electron chi connectivity index (χ2n) is 6.87. The zero-order valence-electron chi connectivity index (χ0n) is 13.5. The van der Waals surface area contributed by atoms with Gasteiger partial charge in [-0.05, 0) is 32.8 Å². The molecule has 0 saturated heterocycles. The van der Waals surface area contributed by atoms with Crippen LogP contribution in [0.5, 0.6) is 0 Å². The number of carbonyl (C=O) groups excluding carboxylic acids is 1. The lowest BCUT2D eigenvalue weighted by molar-refractivity contribution is -0.122. The largest absolute Gasteiger partial charge is 0.351 e. The number of hydrogen-bond acceptors (Lipinski definition) is 5. The summed E-state index contributed by atoms with van der Waals surface area (Å²) in [5.41, 5.74) is 0.440. The third-order valence-electron chi connectivity index (χ3n) is 4.87. The quantitative estimate of drug-likeness (QED) is 0.936. The molecular formula is C17H18FN5O. The van der Waals surface area contributed by atoms with Crippen LogP contribution in [0, 0.1) is 5.82 Å². The van der Waals surface area contributed by atoms with E-state index < -0.39 is 11.2 Å². The number of amides is 1. The van der Waals surface area contributed by atoms with Crippen molar-refractivity contribution in [1.29, 1.82) is 0 Å². The van der Waals surface area contributed by atoms with E-state index in [1.54, 1.807) is 6.20 Å². The smallest absolute Gasteiger partial charge is 0.238 e. The van der Waals surface area contributed by atoms with Gasteiger partial charge < -0.3 is 5.32 Å². The molecule has 2 aliphatic rings. The van der Waals surface area contributed by atoms with Gasteiger partial charge in [0, 0.05) is 23.8 Å². The highest BCUT2D eigenvalue weighted by molar-refractivity contribution is 6.07. The molecule has 2 aromatic heterocycles. The van der Waals surface area contributed by atoms with Crippen molar-refractivity contribution in [3.63, 3.8) is 0 Å². The first-order chi connectivity index (χ1) is 11.5. The minimum atomic E-state index is -0.540. The van der Waals surface area contributed by atoms with Crippen LogP contribution >= 0.6 is 0 Å². The van der Waals surface area contributed by atoms with Crippen LogP contribution in [-0.2, 0) is 10.2 Å². The molecule has 1 aliphatic heterocycles. The molecule has 2 aromatic rings. The summed E-state index contributed by atoms with van der Waals surface area (Å²) in [6.07, 6.45) is 5.58. The molecule has 1 saturated carbocycles. The van der Waals surface area contributed by atoms with Crippen molar-refractivity contribution in [2.45, 2.75) is 44.2 Å². The van der Waals surface area contributed by atoms with Crippen molar-refractivity contribution < 1.29 is 9.18 Å². The highest BCUT2D eigenvalue weighted by Crippen LogP contribution is 2.44. The van der Waals surface area contributed by atoms with Gasteiger partial charge in [-0.25, -0.2) is 19.3 Å². The predicted octanol–water partition coefficient (Wildman–Crippen LogP) is 2.28. The average molecular weight is 327 g/mol. The Balaban J connectivity index is 1.47. The monoisotopic (exact) mass is 327 g/mol. The summed E-state index contributed by atoms with van der Waals surface area (Å²) in [6, 6.07) is 4.13. The van der Waals surface area contributed by atoms with Crippen molar-refractivity contribution in [2.75, 3.05) is 10.2 Å². The SMILES string of the molecule is CC1(C)C(=O)N([C@H]2C[C@H](Nc3ncc(F)cn3)C2)c2ncccc21. The lowest BCUT2D eigenvalue weighted by Gasteiger charge is -2.41. The van der Waals surface area contributed by atoms with Gasteiger partial charge in [-0.15, -0.1) is 0 Å². The van der Waals surface area contributed by atoms with Gasteiger partial charge in [0.15, 0.2) is 5.82 Å². The molecule has 0 atom stereocenters. The minimum Gasteiger partial charge on any atom is -0.351 e. The molecule has 124 valence electrons. The summed E-state index contributed by atoms with van der Waals surface area (Å²) in [5.74, 6) is 0.817. The lowest BCUT2D eigenvalue weighted by Crippen LogP contribution is -2.53. The van der Waals surface area contributed by atoms with Crippen molar-refractivity contribution >= 4 is 17.7 Å². The summed E-state index contributed by atoms with van der Waals surface area (Å²) >= 11 is 0. The van der Waals surface area contributed by atoms with Crippen LogP contribution in [0.25, 0.3) is 0 Å². The van der Waals surface area contributed by atoms with Crippen molar-refractivity contribution in [2.24, 2.45) is 0 Å². The van der Waals surface area contributed by atoms with E-state index in [0.29, 0.717) is 5.95 Å². The maximum atomic E-state index is 12.8. The second kappa shape index (κ2) is 5.22. The molecule has 7 heteroatoms. The zero-order chi connectivity index (χ0) is 16.9. The molecular weight excluding hydrogens is 309 g/mol. The molecule has 0 bridgehead atoms. The molecule has 0 spiro atoms. The van der Waals surface area contributed by atoms with Crippen LogP contribution in [0.15, 0.2) is 30.7 Å². The van der Waals surface area contributed by atoms with Gasteiger partial charge in [-0.2, -0.15) is 0 Å². The lowest BCUT2D eigenvalue weighted by atomic mass is 9.84. The van der Waals surface area contributed by atoms with Crippen molar-refractivity contribution in [3.8, 4) is 0 Å². The maximum absolute atomic E-state index is 12.8. The standard InChI is InChI=1S/C17H18FN5O/c1-17(2)13-4-3-5-19-14(13)23(15(17)24)12-6-11(7-12)22-16-20-8-10(18)9-21-16/h3-5,8-9,11-12H,6-7H2,1-2H3,(H,20,21,22)/t11-,12-. The second-order valence-corrected chi connectivity index (χ2v) is 6.87. The number of nitrogens with zero attached hydrogens (tertiary/aromatic N) is 4. The molecule has 0 radical (unpaired) electrons. The Morgan fingerprint density at radius 1 is 1.25 bits per heavy atom. The molecule has 0 unspecified atom stereocenters. The minimum absolute atomic E-state index is 0.0951. The summed E-state index contributed by atoms with van der Waals surface area (Å²) in [4.78, 5) is 26.9. The number of fused-ring (bicyclic) bond motifs is 1. The summed E-state index contributed by atoms with van der Waals surface area (Å²) in [6.45, 7) is 3.88. The molecule has 1 amide bonds. The number of aromatic nitrogens is 3. The fraction of sp³-hybridized carbons (Fsp3) is 0.412. The van der Waals surface area contributed by atoms with Crippen molar-refractivity contribution in [1.82, 2.24) is 15.0 Å². The molecule has 6 nitrogen and oxygen atoms in total. The van der Waals surface area contributed by atoms with Crippen LogP contribution in [0.1, 0.15) is 32.3 Å². The van der Waals surface area contributed by atoms with Crippen LogP contribution in [0.4, 0.5) is 16.2 Å². The Morgan fingerprint density at radius 3 is 2.67 bits per heavy atom. The van der Waals surface area contributed by atoms with E-state index in [4.69, 9.17) is 0 Å². The summed E-state index contributed by atoms with van der Waals surface area (Å²) in [5, 5.41) is 3.17. The van der Waals surface area contributed by atoms with Gasteiger partial charge in [0.05, 0.1) is 17.8 Å². The van der Waals surface area contributed by atoms with Gasteiger partial charge in [-0.1, -0.05) is 6.07 Å². The average Bonchev–Trinajstić information content (AvgIpc) is 2.73. The number of carbonyl (C=O) groups is 1. The molecule has 1 N–H and O–H groups in total. The van der Waals surface area contributed by atoms with Gasteiger partial charge >= 0.3 is 0 Å². The first-order valence-electron chi connectivity index (χ1n) is 8.00. The summed E-state index contributed by atoms with van der Waals surface area (Å²) < 4.78 is 12.8. The Bertz CT molecular complexity index is 786. The highest BCUT2D eigenvalue weighted by Gasteiger charge is 2.50. The fourth-order valence-corrected chi connectivity index (χ4v) is 3.41. The molecule has 3 heterocycles. The predicted molar refractivity (Wildman–Crippen MR) is 87.2 cm³/mol. The number of hydrogen-bond donors (Lipinski definition) is 1. The number of anilines is 2. The third kappa shape index (κ3) is 2.23. The highest BCUT2D eigenvalue weighted by atomic mass is 19.1. The third-order valence-corrected chi connectivity index (χ3v) is 4.87. The molecule has 1 fully saturated rings. The Morgan fingerprint density at radius 2 is 1.96 bits per heavy atom. The van der Waals surface area contributed by atoms with Gasteiger partial charge in [0.2, 0.25) is 11.9 Å². The van der Waals surface area contributed by atoms with E-state index in [2.05, 4.69) is 20.3 Å². The summed E-state index contributed by atoms with van der Waals surface area (Å²) in [7, 11) is 0. The fourth-order valence-electron chi connectivity index (χ4n) is 3.41. The number of halogens is 1. The molecule has 0 aromatic carbocycles. The molecule has 4 rings (SSSR count). The zero-order valence-corrected chi connectivity index (χ0v) is 13.5. The van der Waals surface area contributed by atoms with Crippen molar-refractivity contribution in [3.05, 3.63) is 42.1 Å². The number of rotatable bonds is 3. The van der Waals surface area contributed by atoms with Crippen LogP contribution in [0.3, 0.4) is 0 Å². The number of nitrogens with one attached hydrogen (secondary N) is 1. The molecule has 1 aliphatic carbocycles. The Kier molecular flexibility index (Phi) is 3.26. The van der Waals surface area contributed by atoms with Gasteiger partial charge in [-0.3, -0.25) is 9.69 Å². The van der Waals surface area contributed by atoms with Gasteiger partial charge in [0.25, 0.3) is 0 Å². The van der Waals surface area contributed by atoms with E-state index in [1.807, 2.05) is 30.9 Å². The van der Waals surface area contributed by atoms with E-state index in [1.165, 1.54) is 0 Å². The van der Waals surface area contributed by atoms with Crippen LogP contribution in [0.2, 0.25) is 0 Å². The Hall–Kier alpha value is -2.57. The van der Waals surface area contributed by atoms with E-state index in [0.717, 1.165) is 36.6 Å². The van der Waals surface area contributed by atoms with E-state index in [9.17, 15) is 9.18 Å². The van der Waals surface area contributed by atoms with E-state index in [-0.39, 0.29) is 18.0 Å². The first kappa shape index (κ1) is 15.0. The Labute approximate surface area is 139 Å².